The minimum Gasteiger partial charge on any atom is -0.497 e. The second kappa shape index (κ2) is 7.94. The van der Waals surface area contributed by atoms with Crippen LogP contribution in [0, 0.1) is 0 Å². The Morgan fingerprint density at radius 3 is 2.73 bits per heavy atom. The Kier molecular flexibility index (Phi) is 5.67. The molecule has 22 heavy (non-hydrogen) atoms. The van der Waals surface area contributed by atoms with E-state index in [9.17, 15) is 4.79 Å². The Hall–Kier alpha value is -2.67. The first kappa shape index (κ1) is 15.7. The smallest absolute Gasteiger partial charge is 0.271 e. The third kappa shape index (κ3) is 4.42. The summed E-state index contributed by atoms with van der Waals surface area (Å²) < 4.78 is 10.0. The van der Waals surface area contributed by atoms with E-state index in [1.165, 1.54) is 0 Å². The predicted octanol–water partition coefficient (Wildman–Crippen LogP) is 1.60. The number of hydrogen-bond acceptors (Lipinski definition) is 6. The largest absolute Gasteiger partial charge is 0.497 e. The van der Waals surface area contributed by atoms with Crippen molar-refractivity contribution in [3.05, 3.63) is 42.1 Å². The summed E-state index contributed by atoms with van der Waals surface area (Å²) in [6.45, 7) is 0.884. The summed E-state index contributed by atoms with van der Waals surface area (Å²) in [6.07, 6.45) is 0. The molecule has 0 fully saturated rings. The van der Waals surface area contributed by atoms with Crippen molar-refractivity contribution >= 4 is 17.4 Å². The summed E-state index contributed by atoms with van der Waals surface area (Å²) >= 11 is 0. The van der Waals surface area contributed by atoms with Gasteiger partial charge in [0.05, 0.1) is 13.7 Å². The van der Waals surface area contributed by atoms with Gasteiger partial charge in [0.25, 0.3) is 5.91 Å². The van der Waals surface area contributed by atoms with E-state index in [2.05, 4.69) is 20.8 Å². The van der Waals surface area contributed by atoms with Crippen LogP contribution in [0.4, 0.5) is 11.5 Å². The number of nitrogens with one attached hydrogen (secondary N) is 2. The summed E-state index contributed by atoms with van der Waals surface area (Å²) in [5.74, 6) is 1.01. The predicted molar refractivity (Wildman–Crippen MR) is 82.5 cm³/mol. The van der Waals surface area contributed by atoms with Gasteiger partial charge in [-0.3, -0.25) is 4.79 Å². The molecule has 0 atom stereocenters. The molecule has 0 saturated heterocycles. The SMILES string of the molecule is COCCNC(=O)c1ccc(Nc2cccc(OC)c2)nn1. The van der Waals surface area contributed by atoms with Crippen molar-refractivity contribution in [2.24, 2.45) is 0 Å². The van der Waals surface area contributed by atoms with Gasteiger partial charge in [-0.2, -0.15) is 0 Å². The van der Waals surface area contributed by atoms with E-state index in [0.717, 1.165) is 11.4 Å². The molecule has 7 nitrogen and oxygen atoms in total. The first-order chi connectivity index (χ1) is 10.7. The van der Waals surface area contributed by atoms with Gasteiger partial charge in [0.15, 0.2) is 11.5 Å². The lowest BCUT2D eigenvalue weighted by Crippen LogP contribution is -2.27. The molecule has 0 unspecified atom stereocenters. The van der Waals surface area contributed by atoms with Gasteiger partial charge >= 0.3 is 0 Å². The molecule has 0 aliphatic carbocycles. The Labute approximate surface area is 128 Å². The van der Waals surface area contributed by atoms with Gasteiger partial charge in [-0.15, -0.1) is 10.2 Å². The molecule has 0 radical (unpaired) electrons. The normalized spacial score (nSPS) is 10.1. The van der Waals surface area contributed by atoms with Gasteiger partial charge in [0.1, 0.15) is 5.75 Å². The minimum atomic E-state index is -0.280. The van der Waals surface area contributed by atoms with E-state index in [4.69, 9.17) is 9.47 Å². The number of methoxy groups -OCH3 is 2. The van der Waals surface area contributed by atoms with E-state index in [1.54, 1.807) is 26.4 Å². The summed E-state index contributed by atoms with van der Waals surface area (Å²) in [4.78, 5) is 11.8. The molecule has 0 spiro atoms. The van der Waals surface area contributed by atoms with Crippen LogP contribution in [-0.4, -0.2) is 43.5 Å². The summed E-state index contributed by atoms with van der Waals surface area (Å²) in [7, 11) is 3.18. The highest BCUT2D eigenvalue weighted by atomic mass is 16.5. The summed E-state index contributed by atoms with van der Waals surface area (Å²) in [5, 5.41) is 13.7. The van der Waals surface area contributed by atoms with Crippen LogP contribution in [0.1, 0.15) is 10.5 Å². The first-order valence-electron chi connectivity index (χ1n) is 6.75. The van der Waals surface area contributed by atoms with Gasteiger partial charge in [-0.25, -0.2) is 0 Å². The minimum absolute atomic E-state index is 0.257. The fourth-order valence-corrected chi connectivity index (χ4v) is 1.73. The van der Waals surface area contributed by atoms with Crippen LogP contribution < -0.4 is 15.4 Å². The van der Waals surface area contributed by atoms with Crippen LogP contribution in [0.15, 0.2) is 36.4 Å². The summed E-state index contributed by atoms with van der Waals surface area (Å²) in [6, 6.07) is 10.7. The maximum Gasteiger partial charge on any atom is 0.271 e. The van der Waals surface area contributed by atoms with Crippen molar-refractivity contribution in [1.82, 2.24) is 15.5 Å². The number of nitrogens with zero attached hydrogens (tertiary/aromatic N) is 2. The lowest BCUT2D eigenvalue weighted by Gasteiger charge is -2.07. The zero-order valence-electron chi connectivity index (χ0n) is 12.5. The van der Waals surface area contributed by atoms with E-state index < -0.39 is 0 Å². The maximum absolute atomic E-state index is 11.8. The number of benzene rings is 1. The van der Waals surface area contributed by atoms with Crippen molar-refractivity contribution in [2.45, 2.75) is 0 Å². The van der Waals surface area contributed by atoms with E-state index in [1.807, 2.05) is 24.3 Å². The van der Waals surface area contributed by atoms with Crippen LogP contribution in [0.3, 0.4) is 0 Å². The number of hydrogen-bond donors (Lipinski definition) is 2. The van der Waals surface area contributed by atoms with Crippen molar-refractivity contribution in [3.63, 3.8) is 0 Å². The fraction of sp³-hybridized carbons (Fsp3) is 0.267. The highest BCUT2D eigenvalue weighted by Crippen LogP contribution is 2.19. The highest BCUT2D eigenvalue weighted by Gasteiger charge is 2.07. The van der Waals surface area contributed by atoms with Gasteiger partial charge in [0.2, 0.25) is 0 Å². The molecule has 116 valence electrons. The average molecular weight is 302 g/mol. The van der Waals surface area contributed by atoms with Crippen LogP contribution in [0.2, 0.25) is 0 Å². The van der Waals surface area contributed by atoms with Gasteiger partial charge in [-0.05, 0) is 24.3 Å². The van der Waals surface area contributed by atoms with E-state index >= 15 is 0 Å². The van der Waals surface area contributed by atoms with Crippen molar-refractivity contribution in [3.8, 4) is 5.75 Å². The number of carbonyl (C=O) groups is 1. The van der Waals surface area contributed by atoms with Crippen molar-refractivity contribution in [1.29, 1.82) is 0 Å². The molecular weight excluding hydrogens is 284 g/mol. The number of amides is 1. The molecule has 2 N–H and O–H groups in total. The van der Waals surface area contributed by atoms with Crippen LogP contribution >= 0.6 is 0 Å². The number of ether oxygens (including phenoxy) is 2. The van der Waals surface area contributed by atoms with E-state index in [0.29, 0.717) is 19.0 Å². The molecule has 1 aromatic carbocycles. The van der Waals surface area contributed by atoms with Gasteiger partial charge in [-0.1, -0.05) is 6.07 Å². The fourth-order valence-electron chi connectivity index (χ4n) is 1.73. The number of aromatic nitrogens is 2. The number of carbonyl (C=O) groups excluding carboxylic acids is 1. The maximum atomic E-state index is 11.8. The zero-order valence-corrected chi connectivity index (χ0v) is 12.5. The zero-order chi connectivity index (χ0) is 15.8. The molecular formula is C15H18N4O3. The van der Waals surface area contributed by atoms with Crippen molar-refractivity contribution < 1.29 is 14.3 Å². The lowest BCUT2D eigenvalue weighted by atomic mass is 10.3. The molecule has 2 rings (SSSR count). The summed E-state index contributed by atoms with van der Waals surface area (Å²) in [5.41, 5.74) is 1.08. The highest BCUT2D eigenvalue weighted by molar-refractivity contribution is 5.92. The standard InChI is InChI=1S/C15H18N4O3/c1-21-9-8-16-15(20)13-6-7-14(19-18-13)17-11-4-3-5-12(10-11)22-2/h3-7,10H,8-9H2,1-2H3,(H,16,20)(H,17,19). The Morgan fingerprint density at radius 1 is 1.18 bits per heavy atom. The molecule has 7 heteroatoms. The Bertz CT molecular complexity index is 616. The molecule has 1 heterocycles. The first-order valence-corrected chi connectivity index (χ1v) is 6.75. The molecule has 1 amide bonds. The molecule has 0 bridgehead atoms. The Morgan fingerprint density at radius 2 is 2.05 bits per heavy atom. The molecule has 1 aromatic heterocycles. The van der Waals surface area contributed by atoms with Crippen LogP contribution in [0.5, 0.6) is 5.75 Å². The molecule has 0 saturated carbocycles. The quantitative estimate of drug-likeness (QED) is 0.756. The second-order valence-corrected chi connectivity index (χ2v) is 4.41. The monoisotopic (exact) mass is 302 g/mol. The second-order valence-electron chi connectivity index (χ2n) is 4.41. The number of anilines is 2. The van der Waals surface area contributed by atoms with Crippen LogP contribution in [0.25, 0.3) is 0 Å². The average Bonchev–Trinajstić information content (AvgIpc) is 2.56. The molecule has 0 aliphatic rings. The third-order valence-electron chi connectivity index (χ3n) is 2.83. The van der Waals surface area contributed by atoms with Gasteiger partial charge < -0.3 is 20.1 Å². The van der Waals surface area contributed by atoms with Gasteiger partial charge in [0, 0.05) is 25.4 Å². The molecule has 2 aromatic rings. The Balaban J connectivity index is 1.97. The van der Waals surface area contributed by atoms with Crippen LogP contribution in [-0.2, 0) is 4.74 Å². The molecule has 0 aliphatic heterocycles. The lowest BCUT2D eigenvalue weighted by molar-refractivity contribution is 0.0931. The van der Waals surface area contributed by atoms with Crippen molar-refractivity contribution in [2.75, 3.05) is 32.7 Å². The van der Waals surface area contributed by atoms with E-state index in [-0.39, 0.29) is 11.6 Å². The number of rotatable bonds is 7. The third-order valence-corrected chi connectivity index (χ3v) is 2.83. The topological polar surface area (TPSA) is 85.4 Å².